The predicted octanol–water partition coefficient (Wildman–Crippen LogP) is 5.80. The molecule has 4 aromatic rings. The van der Waals surface area contributed by atoms with Crippen LogP contribution in [0.25, 0.3) is 28.2 Å². The summed E-state index contributed by atoms with van der Waals surface area (Å²) in [6.07, 6.45) is -5.53. The number of hydrogen-bond acceptors (Lipinski definition) is 3. The highest BCUT2D eigenvalue weighted by Crippen LogP contribution is 2.37. The average molecular weight is 422 g/mol. The van der Waals surface area contributed by atoms with E-state index in [1.807, 2.05) is 0 Å². The van der Waals surface area contributed by atoms with E-state index < -0.39 is 23.6 Å². The van der Waals surface area contributed by atoms with E-state index in [-0.39, 0.29) is 28.2 Å². The lowest BCUT2D eigenvalue weighted by Gasteiger charge is -2.14. The van der Waals surface area contributed by atoms with Crippen molar-refractivity contribution in [3.63, 3.8) is 0 Å². The average Bonchev–Trinajstić information content (AvgIpc) is 3.10. The van der Waals surface area contributed by atoms with Crippen molar-refractivity contribution in [2.45, 2.75) is 19.3 Å². The van der Waals surface area contributed by atoms with Gasteiger partial charge in [0, 0.05) is 23.5 Å². The minimum absolute atomic E-state index is 0.0369. The van der Waals surface area contributed by atoms with Crippen LogP contribution in [0.4, 0.5) is 26.3 Å². The first kappa shape index (κ1) is 19.9. The molecule has 3 heterocycles. The second kappa shape index (κ2) is 6.82. The van der Waals surface area contributed by atoms with Crippen molar-refractivity contribution < 1.29 is 26.3 Å². The minimum Gasteiger partial charge on any atom is -0.278 e. The molecule has 30 heavy (non-hydrogen) atoms. The van der Waals surface area contributed by atoms with E-state index in [4.69, 9.17) is 0 Å². The van der Waals surface area contributed by atoms with Crippen molar-refractivity contribution in [3.05, 3.63) is 71.9 Å². The molecule has 0 aliphatic heterocycles. The first-order valence-electron chi connectivity index (χ1n) is 8.59. The third kappa shape index (κ3) is 3.49. The van der Waals surface area contributed by atoms with E-state index in [0.29, 0.717) is 5.56 Å². The molecule has 0 saturated carbocycles. The number of benzene rings is 1. The maximum absolute atomic E-state index is 13.7. The van der Waals surface area contributed by atoms with Gasteiger partial charge in [-0.15, -0.1) is 0 Å². The summed E-state index contributed by atoms with van der Waals surface area (Å²) in [5.74, 6) is 0. The third-order valence-electron chi connectivity index (χ3n) is 4.58. The Morgan fingerprint density at radius 3 is 2.17 bits per heavy atom. The Labute approximate surface area is 165 Å². The maximum atomic E-state index is 13.7. The van der Waals surface area contributed by atoms with Crippen molar-refractivity contribution >= 4 is 5.65 Å². The fourth-order valence-corrected chi connectivity index (χ4v) is 3.14. The Morgan fingerprint density at radius 2 is 1.53 bits per heavy atom. The molecule has 1 aromatic carbocycles. The number of aryl methyl sites for hydroxylation is 1. The zero-order valence-corrected chi connectivity index (χ0v) is 15.3. The lowest BCUT2D eigenvalue weighted by Crippen LogP contribution is -2.13. The van der Waals surface area contributed by atoms with Gasteiger partial charge in [0.05, 0.1) is 11.3 Å². The van der Waals surface area contributed by atoms with Gasteiger partial charge < -0.3 is 0 Å². The molecule has 0 saturated heterocycles. The summed E-state index contributed by atoms with van der Waals surface area (Å²) in [6, 6.07) is 7.14. The second-order valence-corrected chi connectivity index (χ2v) is 6.57. The maximum Gasteiger partial charge on any atom is 0.431 e. The summed E-state index contributed by atoms with van der Waals surface area (Å²) in [4.78, 5) is 12.1. The lowest BCUT2D eigenvalue weighted by atomic mass is 10.0. The largest absolute Gasteiger partial charge is 0.431 e. The van der Waals surface area contributed by atoms with Gasteiger partial charge in [0.25, 0.3) is 0 Å². The van der Waals surface area contributed by atoms with Gasteiger partial charge >= 0.3 is 12.4 Å². The van der Waals surface area contributed by atoms with Gasteiger partial charge in [-0.1, -0.05) is 12.1 Å². The summed E-state index contributed by atoms with van der Waals surface area (Å²) in [5.41, 5.74) is -1.87. The number of rotatable bonds is 2. The van der Waals surface area contributed by atoms with Crippen LogP contribution in [0, 0.1) is 6.92 Å². The first-order chi connectivity index (χ1) is 14.1. The van der Waals surface area contributed by atoms with Crippen molar-refractivity contribution in [1.29, 1.82) is 0 Å². The van der Waals surface area contributed by atoms with Gasteiger partial charge in [-0.05, 0) is 36.8 Å². The van der Waals surface area contributed by atoms with Crippen molar-refractivity contribution in [1.82, 2.24) is 19.4 Å². The number of aromatic nitrogens is 4. The molecule has 0 radical (unpaired) electrons. The number of nitrogens with zero attached hydrogens (tertiary/aromatic N) is 4. The highest BCUT2D eigenvalue weighted by atomic mass is 19.4. The number of imidazole rings is 1. The summed E-state index contributed by atoms with van der Waals surface area (Å²) in [7, 11) is 0. The molecular weight excluding hydrogens is 410 g/mol. The van der Waals surface area contributed by atoms with Crippen LogP contribution >= 0.6 is 0 Å². The molecule has 4 rings (SSSR count). The fourth-order valence-electron chi connectivity index (χ4n) is 3.14. The molecule has 154 valence electrons. The van der Waals surface area contributed by atoms with Crippen molar-refractivity contribution in [3.8, 4) is 22.5 Å². The predicted molar refractivity (Wildman–Crippen MR) is 96.4 cm³/mol. The van der Waals surface area contributed by atoms with Gasteiger partial charge in [0.2, 0.25) is 0 Å². The molecule has 0 bridgehead atoms. The van der Waals surface area contributed by atoms with E-state index in [2.05, 4.69) is 15.0 Å². The smallest absolute Gasteiger partial charge is 0.278 e. The number of halogens is 6. The number of hydrogen-bond donors (Lipinski definition) is 0. The van der Waals surface area contributed by atoms with Crippen LogP contribution in [0.2, 0.25) is 0 Å². The van der Waals surface area contributed by atoms with Crippen molar-refractivity contribution in [2.75, 3.05) is 0 Å². The van der Waals surface area contributed by atoms with Crippen LogP contribution in [0.3, 0.4) is 0 Å². The fraction of sp³-hybridized carbons (Fsp3) is 0.150. The van der Waals surface area contributed by atoms with Gasteiger partial charge in [0.15, 0.2) is 5.65 Å². The zero-order valence-electron chi connectivity index (χ0n) is 15.3. The molecule has 3 aromatic heterocycles. The van der Waals surface area contributed by atoms with Gasteiger partial charge in [0.1, 0.15) is 17.7 Å². The number of alkyl halides is 6. The molecule has 0 atom stereocenters. The Bertz CT molecular complexity index is 1230. The Hall–Kier alpha value is -3.43. The Balaban J connectivity index is 2.00. The van der Waals surface area contributed by atoms with Crippen LogP contribution in [0.15, 0.2) is 55.1 Å². The van der Waals surface area contributed by atoms with Gasteiger partial charge in [-0.3, -0.25) is 9.38 Å². The molecule has 0 fully saturated rings. The number of pyridine rings is 1. The molecular formula is C20H12F6N4. The molecule has 0 aliphatic rings. The quantitative estimate of drug-likeness (QED) is 0.383. The summed E-state index contributed by atoms with van der Waals surface area (Å²) >= 11 is 0. The highest BCUT2D eigenvalue weighted by molar-refractivity contribution is 5.76. The highest BCUT2D eigenvalue weighted by Gasteiger charge is 2.36. The first-order valence-corrected chi connectivity index (χ1v) is 8.59. The topological polar surface area (TPSA) is 43.1 Å². The zero-order chi connectivity index (χ0) is 21.7. The minimum atomic E-state index is -4.77. The summed E-state index contributed by atoms with van der Waals surface area (Å²) < 4.78 is 81.7. The molecule has 0 unspecified atom stereocenters. The van der Waals surface area contributed by atoms with E-state index in [1.54, 1.807) is 12.1 Å². The molecule has 4 nitrogen and oxygen atoms in total. The molecule has 0 aliphatic carbocycles. The van der Waals surface area contributed by atoms with Gasteiger partial charge in [-0.25, -0.2) is 9.97 Å². The summed E-state index contributed by atoms with van der Waals surface area (Å²) in [6.45, 7) is 1.28. The van der Waals surface area contributed by atoms with E-state index in [0.717, 1.165) is 22.9 Å². The molecule has 0 N–H and O–H groups in total. The van der Waals surface area contributed by atoms with E-state index in [1.165, 1.54) is 31.5 Å². The van der Waals surface area contributed by atoms with Gasteiger partial charge in [-0.2, -0.15) is 26.3 Å². The second-order valence-electron chi connectivity index (χ2n) is 6.57. The number of fused-ring (bicyclic) bond motifs is 1. The van der Waals surface area contributed by atoms with Crippen LogP contribution in [-0.2, 0) is 12.4 Å². The summed E-state index contributed by atoms with van der Waals surface area (Å²) in [5, 5.41) is 0. The van der Waals surface area contributed by atoms with E-state index >= 15 is 0 Å². The Kier molecular flexibility index (Phi) is 4.52. The van der Waals surface area contributed by atoms with Crippen LogP contribution < -0.4 is 0 Å². The van der Waals surface area contributed by atoms with E-state index in [9.17, 15) is 26.3 Å². The third-order valence-corrected chi connectivity index (χ3v) is 4.58. The molecule has 0 amide bonds. The normalized spacial score (nSPS) is 12.5. The van der Waals surface area contributed by atoms with Crippen LogP contribution in [0.1, 0.15) is 16.8 Å². The van der Waals surface area contributed by atoms with Crippen LogP contribution in [0.5, 0.6) is 0 Å². The Morgan fingerprint density at radius 1 is 0.833 bits per heavy atom. The van der Waals surface area contributed by atoms with Crippen LogP contribution in [-0.4, -0.2) is 19.4 Å². The standard InChI is InChI=1S/C20H12F6N4/c1-11-2-3-13(8-14(11)19(21,22)23)15-9-16(20(24,25)26)30-10-28-17(18(30)29-15)12-4-6-27-7-5-12/h2-10H,1H3. The molecule has 10 heteroatoms. The monoisotopic (exact) mass is 422 g/mol. The molecule has 0 spiro atoms. The van der Waals surface area contributed by atoms with Crippen molar-refractivity contribution in [2.24, 2.45) is 0 Å². The SMILES string of the molecule is Cc1ccc(-c2cc(C(F)(F)F)n3cnc(-c4ccncc4)c3n2)cc1C(F)(F)F. The lowest BCUT2D eigenvalue weighted by molar-refractivity contribution is -0.142.